The Morgan fingerprint density at radius 3 is 2.67 bits per heavy atom. The highest BCUT2D eigenvalue weighted by Gasteiger charge is 2.22. The van der Waals surface area contributed by atoms with Crippen molar-refractivity contribution >= 4 is 27.3 Å². The zero-order valence-electron chi connectivity index (χ0n) is 15.2. The van der Waals surface area contributed by atoms with Crippen LogP contribution in [0.15, 0.2) is 40.6 Å². The largest absolute Gasteiger partial charge is 0.496 e. The Bertz CT molecular complexity index is 873. The van der Waals surface area contributed by atoms with Gasteiger partial charge in [0.1, 0.15) is 5.75 Å². The molecule has 2 aromatic rings. The lowest BCUT2D eigenvalue weighted by molar-refractivity contribution is 0.0924. The van der Waals surface area contributed by atoms with Gasteiger partial charge in [0.2, 0.25) is 10.0 Å². The summed E-state index contributed by atoms with van der Waals surface area (Å²) in [6.45, 7) is 0.218. The Kier molecular flexibility index (Phi) is 6.51. The molecule has 3 rings (SSSR count). The summed E-state index contributed by atoms with van der Waals surface area (Å²) in [5.41, 5.74) is 0.238. The number of sulfonamides is 1. The topological polar surface area (TPSA) is 84.5 Å². The van der Waals surface area contributed by atoms with E-state index in [2.05, 4.69) is 10.0 Å². The third-order valence-corrected chi connectivity index (χ3v) is 6.96. The summed E-state index contributed by atoms with van der Waals surface area (Å²) in [6.07, 6.45) is 5.30. The molecule has 1 amide bonds. The molecule has 0 saturated heterocycles. The maximum Gasteiger partial charge on any atom is 0.255 e. The molecule has 0 atom stereocenters. The molecule has 1 heterocycles. The molecule has 2 N–H and O–H groups in total. The first kappa shape index (κ1) is 19.9. The predicted molar refractivity (Wildman–Crippen MR) is 106 cm³/mol. The Hall–Kier alpha value is -1.90. The molecule has 0 spiro atoms. The molecular weight excluding hydrogens is 384 g/mol. The lowest BCUT2D eigenvalue weighted by atomic mass is 9.95. The first-order valence-corrected chi connectivity index (χ1v) is 11.4. The van der Waals surface area contributed by atoms with Gasteiger partial charge in [-0.05, 0) is 42.5 Å². The smallest absolute Gasteiger partial charge is 0.255 e. The van der Waals surface area contributed by atoms with Gasteiger partial charge in [-0.25, -0.2) is 13.1 Å². The Labute approximate surface area is 164 Å². The van der Waals surface area contributed by atoms with Crippen LogP contribution in [0.1, 0.15) is 47.3 Å². The summed E-state index contributed by atoms with van der Waals surface area (Å²) < 4.78 is 33.1. The molecule has 0 unspecified atom stereocenters. The average molecular weight is 409 g/mol. The van der Waals surface area contributed by atoms with Crippen molar-refractivity contribution in [1.29, 1.82) is 0 Å². The Balaban J connectivity index is 1.78. The normalized spacial score (nSPS) is 15.4. The van der Waals surface area contributed by atoms with Crippen LogP contribution >= 0.6 is 11.3 Å². The number of thiophene rings is 1. The molecule has 8 heteroatoms. The SMILES string of the molecule is COc1ccc(S(=O)(=O)NCc2cccs2)cc1C(=O)NC1CCCCC1. The van der Waals surface area contributed by atoms with Crippen molar-refractivity contribution in [1.82, 2.24) is 10.0 Å². The van der Waals surface area contributed by atoms with Crippen LogP contribution in [0.25, 0.3) is 0 Å². The predicted octanol–water partition coefficient (Wildman–Crippen LogP) is 3.30. The molecule has 1 fully saturated rings. The number of benzene rings is 1. The van der Waals surface area contributed by atoms with Crippen molar-refractivity contribution in [3.8, 4) is 5.75 Å². The van der Waals surface area contributed by atoms with Crippen LogP contribution in [0.3, 0.4) is 0 Å². The van der Waals surface area contributed by atoms with E-state index in [9.17, 15) is 13.2 Å². The van der Waals surface area contributed by atoms with E-state index < -0.39 is 10.0 Å². The van der Waals surface area contributed by atoms with Crippen molar-refractivity contribution in [2.75, 3.05) is 7.11 Å². The highest BCUT2D eigenvalue weighted by molar-refractivity contribution is 7.89. The quantitative estimate of drug-likeness (QED) is 0.736. The lowest BCUT2D eigenvalue weighted by Gasteiger charge is -2.23. The molecule has 1 saturated carbocycles. The number of carbonyl (C=O) groups is 1. The van der Waals surface area contributed by atoms with Crippen LogP contribution in [0.4, 0.5) is 0 Å². The number of ether oxygens (including phenoxy) is 1. The number of amides is 1. The van der Waals surface area contributed by atoms with Crippen LogP contribution < -0.4 is 14.8 Å². The van der Waals surface area contributed by atoms with Gasteiger partial charge in [0.05, 0.1) is 17.6 Å². The van der Waals surface area contributed by atoms with Crippen molar-refractivity contribution in [2.24, 2.45) is 0 Å². The van der Waals surface area contributed by atoms with Crippen LogP contribution in [0, 0.1) is 0 Å². The lowest BCUT2D eigenvalue weighted by Crippen LogP contribution is -2.36. The number of carbonyl (C=O) groups excluding carboxylic acids is 1. The van der Waals surface area contributed by atoms with Crippen LogP contribution in [0.2, 0.25) is 0 Å². The van der Waals surface area contributed by atoms with E-state index >= 15 is 0 Å². The molecule has 1 aromatic carbocycles. The fourth-order valence-corrected chi connectivity index (χ4v) is 4.97. The van der Waals surface area contributed by atoms with Gasteiger partial charge in [-0.1, -0.05) is 25.3 Å². The first-order valence-electron chi connectivity index (χ1n) is 9.00. The van der Waals surface area contributed by atoms with Gasteiger partial charge in [-0.2, -0.15) is 0 Å². The minimum absolute atomic E-state index is 0.0497. The Morgan fingerprint density at radius 2 is 2.00 bits per heavy atom. The molecule has 6 nitrogen and oxygen atoms in total. The van der Waals surface area contributed by atoms with Gasteiger partial charge in [0.15, 0.2) is 0 Å². The van der Waals surface area contributed by atoms with E-state index in [0.717, 1.165) is 30.6 Å². The van der Waals surface area contributed by atoms with Crippen molar-refractivity contribution in [3.63, 3.8) is 0 Å². The molecular formula is C19H24N2O4S2. The van der Waals surface area contributed by atoms with Gasteiger partial charge in [-0.3, -0.25) is 4.79 Å². The minimum Gasteiger partial charge on any atom is -0.496 e. The number of rotatable bonds is 7. The fraction of sp³-hybridized carbons (Fsp3) is 0.421. The maximum atomic E-state index is 12.7. The molecule has 0 radical (unpaired) electrons. The molecule has 1 aromatic heterocycles. The number of hydrogen-bond donors (Lipinski definition) is 2. The summed E-state index contributed by atoms with van der Waals surface area (Å²) >= 11 is 1.48. The van der Waals surface area contributed by atoms with Crippen molar-refractivity contribution < 1.29 is 17.9 Å². The van der Waals surface area contributed by atoms with E-state index in [-0.39, 0.29) is 29.0 Å². The Morgan fingerprint density at radius 1 is 1.22 bits per heavy atom. The second-order valence-electron chi connectivity index (χ2n) is 6.57. The first-order chi connectivity index (χ1) is 13.0. The highest BCUT2D eigenvalue weighted by atomic mass is 32.2. The molecule has 1 aliphatic rings. The standard InChI is InChI=1S/C19H24N2O4S2/c1-25-18-10-9-16(27(23,24)20-13-15-8-5-11-26-15)12-17(18)19(22)21-14-6-3-2-4-7-14/h5,8-12,14,20H,2-4,6-7,13H2,1H3,(H,21,22). The number of hydrogen-bond acceptors (Lipinski definition) is 5. The fourth-order valence-electron chi connectivity index (χ4n) is 3.20. The zero-order valence-corrected chi connectivity index (χ0v) is 16.9. The van der Waals surface area contributed by atoms with E-state index in [0.29, 0.717) is 5.75 Å². The van der Waals surface area contributed by atoms with E-state index in [1.807, 2.05) is 17.5 Å². The van der Waals surface area contributed by atoms with Crippen molar-refractivity contribution in [2.45, 2.75) is 49.6 Å². The van der Waals surface area contributed by atoms with Gasteiger partial charge in [0.25, 0.3) is 5.91 Å². The molecule has 1 aliphatic carbocycles. The number of methoxy groups -OCH3 is 1. The van der Waals surface area contributed by atoms with Crippen LogP contribution in [-0.2, 0) is 16.6 Å². The third-order valence-electron chi connectivity index (χ3n) is 4.68. The van der Waals surface area contributed by atoms with E-state index in [1.165, 1.54) is 43.1 Å². The van der Waals surface area contributed by atoms with E-state index in [1.54, 1.807) is 0 Å². The summed E-state index contributed by atoms with van der Waals surface area (Å²) in [5.74, 6) is 0.0644. The van der Waals surface area contributed by atoms with Crippen LogP contribution in [-0.4, -0.2) is 27.5 Å². The van der Waals surface area contributed by atoms with Gasteiger partial charge in [-0.15, -0.1) is 11.3 Å². The molecule has 146 valence electrons. The molecule has 0 aliphatic heterocycles. The van der Waals surface area contributed by atoms with Crippen molar-refractivity contribution in [3.05, 3.63) is 46.2 Å². The molecule has 27 heavy (non-hydrogen) atoms. The average Bonchev–Trinajstić information content (AvgIpc) is 3.20. The maximum absolute atomic E-state index is 12.7. The minimum atomic E-state index is -3.73. The zero-order chi connectivity index (χ0) is 19.3. The summed E-state index contributed by atoms with van der Waals surface area (Å²) in [7, 11) is -2.26. The summed E-state index contributed by atoms with van der Waals surface area (Å²) in [4.78, 5) is 13.7. The second kappa shape index (κ2) is 8.86. The molecule has 0 bridgehead atoms. The van der Waals surface area contributed by atoms with Gasteiger partial charge < -0.3 is 10.1 Å². The monoisotopic (exact) mass is 408 g/mol. The summed E-state index contributed by atoms with van der Waals surface area (Å²) in [5, 5.41) is 4.90. The van der Waals surface area contributed by atoms with Gasteiger partial charge in [0, 0.05) is 17.5 Å². The summed E-state index contributed by atoms with van der Waals surface area (Å²) in [6, 6.07) is 8.23. The second-order valence-corrected chi connectivity index (χ2v) is 9.37. The highest BCUT2D eigenvalue weighted by Crippen LogP contribution is 2.24. The van der Waals surface area contributed by atoms with Crippen LogP contribution in [0.5, 0.6) is 5.75 Å². The van der Waals surface area contributed by atoms with E-state index in [4.69, 9.17) is 4.74 Å². The number of nitrogens with one attached hydrogen (secondary N) is 2. The third kappa shape index (κ3) is 5.09. The van der Waals surface area contributed by atoms with Gasteiger partial charge >= 0.3 is 0 Å².